The van der Waals surface area contributed by atoms with Crippen LogP contribution < -0.4 is 5.32 Å². The van der Waals surface area contributed by atoms with Gasteiger partial charge in [-0.2, -0.15) is 4.37 Å². The molecule has 0 aliphatic carbocycles. The topological polar surface area (TPSA) is 68.3 Å². The zero-order valence-electron chi connectivity index (χ0n) is 13.2. The number of hydrogen-bond acceptors (Lipinski definition) is 5. The van der Waals surface area contributed by atoms with Gasteiger partial charge in [-0.3, -0.25) is 4.79 Å². The number of carbonyl (C=O) groups excluding carboxylic acids is 2. The Morgan fingerprint density at radius 2 is 1.91 bits per heavy atom. The second-order valence-electron chi connectivity index (χ2n) is 6.38. The number of esters is 1. The number of aromatic nitrogens is 1. The molecule has 0 fully saturated rings. The van der Waals surface area contributed by atoms with E-state index in [1.165, 1.54) is 0 Å². The summed E-state index contributed by atoms with van der Waals surface area (Å²) in [7, 11) is 0. The van der Waals surface area contributed by atoms with Gasteiger partial charge in [0.2, 0.25) is 0 Å². The van der Waals surface area contributed by atoms with Crippen LogP contribution in [0.1, 0.15) is 51.5 Å². The van der Waals surface area contributed by atoms with Crippen molar-refractivity contribution >= 4 is 46.6 Å². The highest BCUT2D eigenvalue weighted by atomic mass is 35.5. The Morgan fingerprint density at radius 1 is 1.32 bits per heavy atom. The second-order valence-corrected chi connectivity index (χ2v) is 8.14. The van der Waals surface area contributed by atoms with Crippen LogP contribution in [-0.4, -0.2) is 27.9 Å². The maximum atomic E-state index is 12.3. The Bertz CT molecular complexity index is 553. The molecule has 0 unspecified atom stereocenters. The number of amides is 1. The predicted octanol–water partition coefficient (Wildman–Crippen LogP) is 3.94. The molecule has 1 heterocycles. The smallest absolute Gasteiger partial charge is 0.360 e. The summed E-state index contributed by atoms with van der Waals surface area (Å²) >= 11 is 12.6. The van der Waals surface area contributed by atoms with Crippen molar-refractivity contribution in [3.05, 3.63) is 15.1 Å². The third kappa shape index (κ3) is 5.74. The van der Waals surface area contributed by atoms with Crippen LogP contribution in [0.25, 0.3) is 0 Å². The van der Waals surface area contributed by atoms with Crippen molar-refractivity contribution in [3.63, 3.8) is 0 Å². The second kappa shape index (κ2) is 7.62. The fraction of sp³-hybridized carbons (Fsp3) is 0.643. The number of rotatable bonds is 5. The maximum absolute atomic E-state index is 12.3. The number of nitrogens with zero attached hydrogens (tertiary/aromatic N) is 1. The molecular formula is C14H20Cl2N2O3S. The van der Waals surface area contributed by atoms with Gasteiger partial charge in [-0.15, -0.1) is 0 Å². The first-order valence-corrected chi connectivity index (χ1v) is 8.38. The van der Waals surface area contributed by atoms with Crippen molar-refractivity contribution in [2.24, 2.45) is 5.92 Å². The summed E-state index contributed by atoms with van der Waals surface area (Å²) < 4.78 is 9.37. The minimum Gasteiger partial charge on any atom is -0.447 e. The summed E-state index contributed by atoms with van der Waals surface area (Å²) in [5.74, 6) is -0.909. The van der Waals surface area contributed by atoms with Gasteiger partial charge in [0.15, 0.2) is 11.8 Å². The summed E-state index contributed by atoms with van der Waals surface area (Å²) in [6, 6.07) is 0. The third-order valence-corrected chi connectivity index (χ3v) is 4.13. The molecule has 0 aliphatic rings. The van der Waals surface area contributed by atoms with Crippen molar-refractivity contribution in [2.45, 2.75) is 52.7 Å². The Balaban J connectivity index is 2.87. The summed E-state index contributed by atoms with van der Waals surface area (Å²) in [5.41, 5.74) is -0.477. The van der Waals surface area contributed by atoms with Gasteiger partial charge in [-0.1, -0.05) is 37.0 Å². The van der Waals surface area contributed by atoms with E-state index in [2.05, 4.69) is 9.69 Å². The maximum Gasteiger partial charge on any atom is 0.360 e. The highest BCUT2D eigenvalue weighted by Crippen LogP contribution is 2.30. The van der Waals surface area contributed by atoms with Crippen molar-refractivity contribution in [1.82, 2.24) is 9.69 Å². The quantitative estimate of drug-likeness (QED) is 0.801. The van der Waals surface area contributed by atoms with Gasteiger partial charge in [0.05, 0.1) is 0 Å². The van der Waals surface area contributed by atoms with Gasteiger partial charge < -0.3 is 10.1 Å². The highest BCUT2D eigenvalue weighted by molar-refractivity contribution is 7.11. The number of ether oxygens (including phenoxy) is 1. The number of hydrogen-bond donors (Lipinski definition) is 1. The lowest BCUT2D eigenvalue weighted by molar-refractivity contribution is -0.132. The van der Waals surface area contributed by atoms with Crippen molar-refractivity contribution in [1.29, 1.82) is 0 Å². The largest absolute Gasteiger partial charge is 0.447 e. The standard InChI is InChI=1S/C14H20Cl2N2O3S/c1-7(2)6-8(12(19)17-14(3,4)5)21-13(20)10-9(15)11(16)22-18-10/h7-8H,6H2,1-5H3,(H,17,19)/t8-/m1/s1. The minimum atomic E-state index is -0.900. The lowest BCUT2D eigenvalue weighted by atomic mass is 10.0. The SMILES string of the molecule is CC(C)C[C@@H](OC(=O)c1nsc(Cl)c1Cl)C(=O)NC(C)(C)C. The van der Waals surface area contributed by atoms with E-state index in [1.54, 1.807) is 0 Å². The first-order chi connectivity index (χ1) is 10.0. The molecule has 0 bridgehead atoms. The van der Waals surface area contributed by atoms with Crippen molar-refractivity contribution in [2.75, 3.05) is 0 Å². The zero-order chi connectivity index (χ0) is 17.1. The molecule has 0 spiro atoms. The molecule has 0 saturated heterocycles. The first kappa shape index (κ1) is 19.2. The molecule has 1 aromatic heterocycles. The summed E-state index contributed by atoms with van der Waals surface area (Å²) in [6.45, 7) is 9.46. The van der Waals surface area contributed by atoms with Crippen LogP contribution in [0.2, 0.25) is 9.36 Å². The average Bonchev–Trinajstić information content (AvgIpc) is 2.66. The molecule has 1 N–H and O–H groups in total. The van der Waals surface area contributed by atoms with Gasteiger partial charge in [-0.05, 0) is 44.6 Å². The van der Waals surface area contributed by atoms with Gasteiger partial charge in [0.25, 0.3) is 5.91 Å². The molecule has 5 nitrogen and oxygen atoms in total. The number of halogens is 2. The van der Waals surface area contributed by atoms with E-state index in [0.29, 0.717) is 6.42 Å². The zero-order valence-corrected chi connectivity index (χ0v) is 15.5. The molecule has 124 valence electrons. The van der Waals surface area contributed by atoms with Gasteiger partial charge >= 0.3 is 5.97 Å². The number of carbonyl (C=O) groups is 2. The van der Waals surface area contributed by atoms with Gasteiger partial charge in [-0.25, -0.2) is 4.79 Å². The van der Waals surface area contributed by atoms with Crippen LogP contribution in [0, 0.1) is 5.92 Å². The molecule has 1 aromatic rings. The lowest BCUT2D eigenvalue weighted by Crippen LogP contribution is -2.47. The monoisotopic (exact) mass is 366 g/mol. The Labute approximate surface area is 144 Å². The third-order valence-electron chi connectivity index (χ3n) is 2.52. The van der Waals surface area contributed by atoms with Gasteiger partial charge in [0.1, 0.15) is 9.36 Å². The van der Waals surface area contributed by atoms with E-state index >= 15 is 0 Å². The van der Waals surface area contributed by atoms with E-state index in [0.717, 1.165) is 11.5 Å². The molecule has 1 rings (SSSR count). The van der Waals surface area contributed by atoms with E-state index in [4.69, 9.17) is 27.9 Å². The molecular weight excluding hydrogens is 347 g/mol. The summed E-state index contributed by atoms with van der Waals surface area (Å²) in [6.07, 6.45) is -0.494. The summed E-state index contributed by atoms with van der Waals surface area (Å²) in [5, 5.41) is 2.86. The van der Waals surface area contributed by atoms with E-state index in [-0.39, 0.29) is 26.9 Å². The minimum absolute atomic E-state index is 0.0520. The Hall–Kier alpha value is -0.850. The van der Waals surface area contributed by atoms with Crippen LogP contribution >= 0.6 is 34.7 Å². The molecule has 0 aromatic carbocycles. The van der Waals surface area contributed by atoms with Crippen molar-refractivity contribution in [3.8, 4) is 0 Å². The lowest BCUT2D eigenvalue weighted by Gasteiger charge is -2.25. The van der Waals surface area contributed by atoms with Crippen LogP contribution in [-0.2, 0) is 9.53 Å². The molecule has 0 aliphatic heterocycles. The average molecular weight is 367 g/mol. The van der Waals surface area contributed by atoms with E-state index < -0.39 is 17.6 Å². The molecule has 0 radical (unpaired) electrons. The molecule has 1 atom stereocenters. The van der Waals surface area contributed by atoms with Crippen LogP contribution in [0.3, 0.4) is 0 Å². The predicted molar refractivity (Wildman–Crippen MR) is 88.7 cm³/mol. The normalized spacial score (nSPS) is 13.1. The Morgan fingerprint density at radius 3 is 2.32 bits per heavy atom. The van der Waals surface area contributed by atoms with E-state index in [1.807, 2.05) is 34.6 Å². The Kier molecular flexibility index (Phi) is 6.65. The highest BCUT2D eigenvalue weighted by Gasteiger charge is 2.29. The van der Waals surface area contributed by atoms with Crippen LogP contribution in [0.5, 0.6) is 0 Å². The van der Waals surface area contributed by atoms with Crippen molar-refractivity contribution < 1.29 is 14.3 Å². The fourth-order valence-electron chi connectivity index (χ4n) is 1.66. The van der Waals surface area contributed by atoms with E-state index in [9.17, 15) is 9.59 Å². The molecule has 22 heavy (non-hydrogen) atoms. The van der Waals surface area contributed by atoms with Crippen LogP contribution in [0.4, 0.5) is 0 Å². The molecule has 1 amide bonds. The number of nitrogens with one attached hydrogen (secondary N) is 1. The first-order valence-electron chi connectivity index (χ1n) is 6.85. The fourth-order valence-corrected chi connectivity index (χ4v) is 2.64. The molecule has 8 heteroatoms. The molecule has 0 saturated carbocycles. The van der Waals surface area contributed by atoms with Crippen LogP contribution in [0.15, 0.2) is 0 Å². The summed E-state index contributed by atoms with van der Waals surface area (Å²) in [4.78, 5) is 24.4. The van der Waals surface area contributed by atoms with Gasteiger partial charge in [0, 0.05) is 5.54 Å².